The molecule has 1 saturated heterocycles. The molecule has 0 spiro atoms. The molecule has 0 aromatic rings. The lowest BCUT2D eigenvalue weighted by molar-refractivity contribution is 0.246. The molecule has 0 amide bonds. The monoisotopic (exact) mass is 244 g/mol. The lowest BCUT2D eigenvalue weighted by Gasteiger charge is -2.24. The van der Waals surface area contributed by atoms with E-state index in [4.69, 9.17) is 13.6 Å². The molecule has 0 aromatic carbocycles. The zero-order valence-corrected chi connectivity index (χ0v) is 11.7. The van der Waals surface area contributed by atoms with E-state index in [2.05, 4.69) is 6.55 Å². The molecule has 2 unspecified atom stereocenters. The SMILES string of the molecule is CO[Si](C)(CCC[C@H]1CCC2OC2C1)OC. The van der Waals surface area contributed by atoms with Gasteiger partial charge in [-0.25, -0.2) is 0 Å². The van der Waals surface area contributed by atoms with E-state index in [0.717, 1.165) is 12.0 Å². The molecule has 94 valence electrons. The second-order valence-electron chi connectivity index (χ2n) is 5.33. The number of ether oxygens (including phenoxy) is 1. The lowest BCUT2D eigenvalue weighted by atomic mass is 9.86. The maximum absolute atomic E-state index is 5.56. The first-order valence-corrected chi connectivity index (χ1v) is 8.95. The van der Waals surface area contributed by atoms with Crippen LogP contribution in [0, 0.1) is 5.92 Å². The van der Waals surface area contributed by atoms with Crippen LogP contribution in [-0.2, 0) is 13.6 Å². The molecule has 1 heterocycles. The van der Waals surface area contributed by atoms with Crippen molar-refractivity contribution in [2.45, 2.75) is 56.9 Å². The van der Waals surface area contributed by atoms with Gasteiger partial charge >= 0.3 is 8.56 Å². The van der Waals surface area contributed by atoms with E-state index >= 15 is 0 Å². The van der Waals surface area contributed by atoms with Crippen molar-refractivity contribution in [1.29, 1.82) is 0 Å². The first-order chi connectivity index (χ1) is 7.67. The maximum Gasteiger partial charge on any atom is 0.334 e. The molecule has 1 aliphatic heterocycles. The van der Waals surface area contributed by atoms with E-state index < -0.39 is 8.56 Å². The van der Waals surface area contributed by atoms with Gasteiger partial charge in [0.05, 0.1) is 12.2 Å². The van der Waals surface area contributed by atoms with Crippen molar-refractivity contribution in [3.05, 3.63) is 0 Å². The van der Waals surface area contributed by atoms with Gasteiger partial charge in [0.2, 0.25) is 0 Å². The van der Waals surface area contributed by atoms with Gasteiger partial charge in [-0.05, 0) is 37.8 Å². The Morgan fingerprint density at radius 2 is 1.94 bits per heavy atom. The number of rotatable bonds is 6. The Bertz CT molecular complexity index is 230. The van der Waals surface area contributed by atoms with Crippen LogP contribution in [-0.4, -0.2) is 35.0 Å². The van der Waals surface area contributed by atoms with E-state index in [-0.39, 0.29) is 0 Å². The molecule has 0 N–H and O–H groups in total. The topological polar surface area (TPSA) is 31.0 Å². The van der Waals surface area contributed by atoms with Gasteiger partial charge in [0.1, 0.15) is 0 Å². The largest absolute Gasteiger partial charge is 0.398 e. The maximum atomic E-state index is 5.56. The molecule has 1 saturated carbocycles. The predicted molar refractivity (Wildman–Crippen MR) is 65.7 cm³/mol. The summed E-state index contributed by atoms with van der Waals surface area (Å²) < 4.78 is 16.6. The Balaban J connectivity index is 1.63. The van der Waals surface area contributed by atoms with E-state index in [0.29, 0.717) is 12.2 Å². The third kappa shape index (κ3) is 3.06. The molecule has 3 nitrogen and oxygen atoms in total. The van der Waals surface area contributed by atoms with Crippen LogP contribution in [0.4, 0.5) is 0 Å². The second kappa shape index (κ2) is 5.17. The first-order valence-electron chi connectivity index (χ1n) is 6.42. The Morgan fingerprint density at radius 1 is 1.19 bits per heavy atom. The highest BCUT2D eigenvalue weighted by Crippen LogP contribution is 2.41. The van der Waals surface area contributed by atoms with Crippen molar-refractivity contribution in [3.63, 3.8) is 0 Å². The Hall–Kier alpha value is 0.0969. The smallest absolute Gasteiger partial charge is 0.334 e. The summed E-state index contributed by atoms with van der Waals surface area (Å²) in [5, 5.41) is 0. The summed E-state index contributed by atoms with van der Waals surface area (Å²) in [6.45, 7) is 2.15. The quantitative estimate of drug-likeness (QED) is 0.532. The highest BCUT2D eigenvalue weighted by molar-refractivity contribution is 6.65. The van der Waals surface area contributed by atoms with Crippen molar-refractivity contribution in [2.75, 3.05) is 14.2 Å². The third-order valence-corrected chi connectivity index (χ3v) is 7.21. The summed E-state index contributed by atoms with van der Waals surface area (Å²) in [5.41, 5.74) is 0. The van der Waals surface area contributed by atoms with E-state index in [1.54, 1.807) is 14.2 Å². The van der Waals surface area contributed by atoms with Gasteiger partial charge in [0.25, 0.3) is 0 Å². The van der Waals surface area contributed by atoms with Crippen molar-refractivity contribution >= 4 is 8.56 Å². The normalized spacial score (nSPS) is 33.6. The molecular weight excluding hydrogens is 220 g/mol. The minimum absolute atomic E-state index is 0.618. The molecule has 4 heteroatoms. The van der Waals surface area contributed by atoms with E-state index in [1.165, 1.54) is 32.1 Å². The Kier molecular flexibility index (Phi) is 4.05. The van der Waals surface area contributed by atoms with Crippen LogP contribution in [0.5, 0.6) is 0 Å². The van der Waals surface area contributed by atoms with Gasteiger partial charge in [-0.2, -0.15) is 0 Å². The van der Waals surface area contributed by atoms with Gasteiger partial charge in [0.15, 0.2) is 0 Å². The van der Waals surface area contributed by atoms with E-state index in [1.807, 2.05) is 0 Å². The van der Waals surface area contributed by atoms with Crippen LogP contribution < -0.4 is 0 Å². The average Bonchev–Trinajstić information content (AvgIpc) is 3.07. The number of hydrogen-bond acceptors (Lipinski definition) is 3. The minimum Gasteiger partial charge on any atom is -0.398 e. The average molecular weight is 244 g/mol. The van der Waals surface area contributed by atoms with Gasteiger partial charge < -0.3 is 13.6 Å². The van der Waals surface area contributed by atoms with Crippen LogP contribution in [0.1, 0.15) is 32.1 Å². The molecule has 3 atom stereocenters. The van der Waals surface area contributed by atoms with Gasteiger partial charge in [-0.1, -0.05) is 12.8 Å². The molecule has 2 aliphatic rings. The van der Waals surface area contributed by atoms with Gasteiger partial charge in [-0.15, -0.1) is 0 Å². The van der Waals surface area contributed by atoms with Crippen LogP contribution in [0.3, 0.4) is 0 Å². The molecule has 0 aromatic heterocycles. The van der Waals surface area contributed by atoms with Gasteiger partial charge in [0, 0.05) is 14.2 Å². The number of fused-ring (bicyclic) bond motifs is 1. The summed E-state index contributed by atoms with van der Waals surface area (Å²) in [6.07, 6.45) is 7.76. The zero-order chi connectivity index (χ0) is 11.6. The first kappa shape index (κ1) is 12.6. The predicted octanol–water partition coefficient (Wildman–Crippen LogP) is 2.70. The molecule has 0 radical (unpaired) electrons. The van der Waals surface area contributed by atoms with Crippen molar-refractivity contribution < 1.29 is 13.6 Å². The van der Waals surface area contributed by atoms with Crippen LogP contribution in [0.15, 0.2) is 0 Å². The standard InChI is InChI=1S/C12H24O3Si/c1-13-16(3,14-2)8-4-5-10-6-7-11-12(9-10)15-11/h10-12H,4-9H2,1-3H3/t10-,11?,12?/m0/s1. The van der Waals surface area contributed by atoms with Crippen LogP contribution in [0.25, 0.3) is 0 Å². The Labute approximate surface area is 99.7 Å². The molecule has 2 rings (SSSR count). The number of epoxide rings is 1. The highest BCUT2D eigenvalue weighted by Gasteiger charge is 2.43. The van der Waals surface area contributed by atoms with Gasteiger partial charge in [-0.3, -0.25) is 0 Å². The zero-order valence-electron chi connectivity index (χ0n) is 10.7. The Morgan fingerprint density at radius 3 is 2.56 bits per heavy atom. The summed E-state index contributed by atoms with van der Waals surface area (Å²) in [6, 6.07) is 1.12. The molecule has 1 aliphatic carbocycles. The number of hydrogen-bond donors (Lipinski definition) is 0. The van der Waals surface area contributed by atoms with Crippen LogP contribution >= 0.6 is 0 Å². The summed E-state index contributed by atoms with van der Waals surface area (Å²) in [4.78, 5) is 0. The van der Waals surface area contributed by atoms with Crippen LogP contribution in [0.2, 0.25) is 12.6 Å². The van der Waals surface area contributed by atoms with Crippen molar-refractivity contribution in [2.24, 2.45) is 5.92 Å². The summed E-state index contributed by atoms with van der Waals surface area (Å²) >= 11 is 0. The van der Waals surface area contributed by atoms with E-state index in [9.17, 15) is 0 Å². The fourth-order valence-electron chi connectivity index (χ4n) is 2.75. The second-order valence-corrected chi connectivity index (χ2v) is 8.91. The fourth-order valence-corrected chi connectivity index (χ4v) is 4.17. The molecule has 16 heavy (non-hydrogen) atoms. The van der Waals surface area contributed by atoms with Crippen molar-refractivity contribution in [3.8, 4) is 0 Å². The minimum atomic E-state index is -1.82. The summed E-state index contributed by atoms with van der Waals surface area (Å²) in [5.74, 6) is 0.885. The molecular formula is C12H24O3Si. The van der Waals surface area contributed by atoms with Crippen molar-refractivity contribution in [1.82, 2.24) is 0 Å². The third-order valence-electron chi connectivity index (χ3n) is 4.22. The molecule has 0 bridgehead atoms. The summed E-state index contributed by atoms with van der Waals surface area (Å²) in [7, 11) is 1.73. The molecule has 2 fully saturated rings. The lowest BCUT2D eigenvalue weighted by Crippen LogP contribution is -2.35. The fraction of sp³-hybridized carbons (Fsp3) is 1.00. The highest BCUT2D eigenvalue weighted by atomic mass is 28.4.